The van der Waals surface area contributed by atoms with E-state index in [0.29, 0.717) is 5.82 Å². The van der Waals surface area contributed by atoms with Gasteiger partial charge in [-0.1, -0.05) is 15.9 Å². The number of rotatable bonds is 2. The predicted molar refractivity (Wildman–Crippen MR) is 50.8 cm³/mol. The van der Waals surface area contributed by atoms with Crippen LogP contribution in [0.25, 0.3) is 0 Å². The van der Waals surface area contributed by atoms with Crippen molar-refractivity contribution < 1.29 is 4.79 Å². The molecule has 1 heterocycles. The number of halogens is 1. The summed E-state index contributed by atoms with van der Waals surface area (Å²) in [6.07, 6.45) is 1.40. The molecular formula is C8H6BrN3O. The zero-order valence-electron chi connectivity index (χ0n) is 6.62. The minimum absolute atomic E-state index is 0.159. The highest BCUT2D eigenvalue weighted by molar-refractivity contribution is 9.10. The number of nitrogens with one attached hydrogen (secondary N) is 1. The fourth-order valence-corrected chi connectivity index (χ4v) is 1.07. The van der Waals surface area contributed by atoms with Crippen LogP contribution in [0.5, 0.6) is 0 Å². The number of pyridine rings is 1. The standard InChI is InChI=1S/C8H6BrN3O/c9-6-2-4-11-7(5-6)12-8(13)1-3-10/h2,4-5H,1H2,(H,11,12,13). The Hall–Kier alpha value is -1.41. The first-order chi connectivity index (χ1) is 6.22. The largest absolute Gasteiger partial charge is 0.310 e. The van der Waals surface area contributed by atoms with Crippen LogP contribution in [0.3, 0.4) is 0 Å². The molecule has 0 aromatic carbocycles. The quantitative estimate of drug-likeness (QED) is 0.855. The van der Waals surface area contributed by atoms with Crippen molar-refractivity contribution in [3.8, 4) is 6.07 Å². The van der Waals surface area contributed by atoms with Crippen molar-refractivity contribution in [2.24, 2.45) is 0 Å². The second kappa shape index (κ2) is 4.58. The average Bonchev–Trinajstić information content (AvgIpc) is 2.04. The molecule has 0 saturated carbocycles. The lowest BCUT2D eigenvalue weighted by Gasteiger charge is -2.00. The van der Waals surface area contributed by atoms with Gasteiger partial charge < -0.3 is 5.32 Å². The molecule has 0 radical (unpaired) electrons. The molecule has 1 N–H and O–H groups in total. The first kappa shape index (κ1) is 9.68. The van der Waals surface area contributed by atoms with Crippen LogP contribution in [-0.4, -0.2) is 10.9 Å². The van der Waals surface area contributed by atoms with Gasteiger partial charge in [-0.25, -0.2) is 4.98 Å². The minimum atomic E-state index is -0.354. The van der Waals surface area contributed by atoms with Gasteiger partial charge in [-0.2, -0.15) is 5.26 Å². The highest BCUT2D eigenvalue weighted by Crippen LogP contribution is 2.12. The maximum Gasteiger partial charge on any atom is 0.239 e. The maximum absolute atomic E-state index is 10.9. The fraction of sp³-hybridized carbons (Fsp3) is 0.125. The molecule has 0 atom stereocenters. The summed E-state index contributed by atoms with van der Waals surface area (Å²) in [7, 11) is 0. The van der Waals surface area contributed by atoms with E-state index >= 15 is 0 Å². The van der Waals surface area contributed by atoms with Gasteiger partial charge >= 0.3 is 0 Å². The molecule has 1 amide bonds. The summed E-state index contributed by atoms with van der Waals surface area (Å²) in [6, 6.07) is 5.16. The monoisotopic (exact) mass is 239 g/mol. The number of hydrogen-bond donors (Lipinski definition) is 1. The lowest BCUT2D eigenvalue weighted by Crippen LogP contribution is -2.11. The number of amides is 1. The molecule has 1 rings (SSSR count). The molecule has 5 heteroatoms. The Kier molecular flexibility index (Phi) is 3.41. The molecule has 4 nitrogen and oxygen atoms in total. The third-order valence-electron chi connectivity index (χ3n) is 1.23. The number of aromatic nitrogens is 1. The smallest absolute Gasteiger partial charge is 0.239 e. The Balaban J connectivity index is 2.65. The Morgan fingerprint density at radius 2 is 2.54 bits per heavy atom. The summed E-state index contributed by atoms with van der Waals surface area (Å²) in [4.78, 5) is 14.8. The molecule has 0 saturated heterocycles. The summed E-state index contributed by atoms with van der Waals surface area (Å²) < 4.78 is 0.828. The van der Waals surface area contributed by atoms with Crippen LogP contribution in [0, 0.1) is 11.3 Å². The molecule has 0 aliphatic carbocycles. The van der Waals surface area contributed by atoms with Crippen molar-refractivity contribution in [2.75, 3.05) is 5.32 Å². The van der Waals surface area contributed by atoms with E-state index in [4.69, 9.17) is 5.26 Å². The third-order valence-corrected chi connectivity index (χ3v) is 1.72. The summed E-state index contributed by atoms with van der Waals surface area (Å²) >= 11 is 3.23. The highest BCUT2D eigenvalue weighted by atomic mass is 79.9. The molecular weight excluding hydrogens is 234 g/mol. The van der Waals surface area contributed by atoms with Gasteiger partial charge in [0.1, 0.15) is 12.2 Å². The van der Waals surface area contributed by atoms with Crippen LogP contribution in [0.15, 0.2) is 22.8 Å². The number of hydrogen-bond acceptors (Lipinski definition) is 3. The minimum Gasteiger partial charge on any atom is -0.310 e. The van der Waals surface area contributed by atoms with Crippen LogP contribution in [-0.2, 0) is 4.79 Å². The van der Waals surface area contributed by atoms with E-state index in [1.54, 1.807) is 24.4 Å². The number of anilines is 1. The second-order valence-corrected chi connectivity index (χ2v) is 3.16. The van der Waals surface area contributed by atoms with E-state index < -0.39 is 0 Å². The maximum atomic E-state index is 10.9. The first-order valence-corrected chi connectivity index (χ1v) is 4.30. The highest BCUT2D eigenvalue weighted by Gasteiger charge is 2.01. The van der Waals surface area contributed by atoms with Crippen molar-refractivity contribution in [1.29, 1.82) is 5.26 Å². The van der Waals surface area contributed by atoms with Gasteiger partial charge in [-0.3, -0.25) is 4.79 Å². The average molecular weight is 240 g/mol. The zero-order chi connectivity index (χ0) is 9.68. The predicted octanol–water partition coefficient (Wildman–Crippen LogP) is 1.70. The summed E-state index contributed by atoms with van der Waals surface area (Å²) in [6.45, 7) is 0. The summed E-state index contributed by atoms with van der Waals surface area (Å²) in [5, 5.41) is 10.7. The van der Waals surface area contributed by atoms with Gasteiger partial charge in [-0.05, 0) is 12.1 Å². The Labute approximate surface area is 83.7 Å². The van der Waals surface area contributed by atoms with Gasteiger partial charge in [0.2, 0.25) is 5.91 Å². The van der Waals surface area contributed by atoms with Crippen LogP contribution >= 0.6 is 15.9 Å². The number of carbonyl (C=O) groups is 1. The lowest BCUT2D eigenvalue weighted by atomic mass is 10.4. The molecule has 0 unspecified atom stereocenters. The van der Waals surface area contributed by atoms with Crippen LogP contribution in [0.1, 0.15) is 6.42 Å². The number of nitrogens with zero attached hydrogens (tertiary/aromatic N) is 2. The van der Waals surface area contributed by atoms with E-state index in [-0.39, 0.29) is 12.3 Å². The molecule has 0 fully saturated rings. The fourth-order valence-electron chi connectivity index (χ4n) is 0.732. The van der Waals surface area contributed by atoms with Crippen molar-refractivity contribution in [3.05, 3.63) is 22.8 Å². The Bertz CT molecular complexity index is 359. The lowest BCUT2D eigenvalue weighted by molar-refractivity contribution is -0.115. The van der Waals surface area contributed by atoms with E-state index in [1.807, 2.05) is 0 Å². The molecule has 0 aliphatic rings. The van der Waals surface area contributed by atoms with Crippen LogP contribution < -0.4 is 5.32 Å². The molecule has 0 aliphatic heterocycles. The molecule has 1 aromatic rings. The summed E-state index contributed by atoms with van der Waals surface area (Å²) in [5.74, 6) is 0.0859. The molecule has 13 heavy (non-hydrogen) atoms. The van der Waals surface area contributed by atoms with Gasteiger partial charge in [0.05, 0.1) is 6.07 Å². The first-order valence-electron chi connectivity index (χ1n) is 3.50. The Morgan fingerprint density at radius 1 is 1.77 bits per heavy atom. The van der Waals surface area contributed by atoms with Gasteiger partial charge in [0.15, 0.2) is 0 Å². The third kappa shape index (κ3) is 3.22. The summed E-state index contributed by atoms with van der Waals surface area (Å²) in [5.41, 5.74) is 0. The van der Waals surface area contributed by atoms with Crippen molar-refractivity contribution in [1.82, 2.24) is 4.98 Å². The van der Waals surface area contributed by atoms with Gasteiger partial charge in [0, 0.05) is 10.7 Å². The molecule has 66 valence electrons. The van der Waals surface area contributed by atoms with Crippen molar-refractivity contribution in [2.45, 2.75) is 6.42 Å². The van der Waals surface area contributed by atoms with E-state index in [9.17, 15) is 4.79 Å². The van der Waals surface area contributed by atoms with Crippen molar-refractivity contribution >= 4 is 27.7 Å². The number of nitriles is 1. The van der Waals surface area contributed by atoms with Gasteiger partial charge in [0.25, 0.3) is 0 Å². The number of carbonyl (C=O) groups excluding carboxylic acids is 1. The Morgan fingerprint density at radius 3 is 3.15 bits per heavy atom. The van der Waals surface area contributed by atoms with Crippen LogP contribution in [0.4, 0.5) is 5.82 Å². The SMILES string of the molecule is N#CCC(=O)Nc1cc(Br)ccn1. The molecule has 0 spiro atoms. The van der Waals surface area contributed by atoms with E-state index in [0.717, 1.165) is 4.47 Å². The second-order valence-electron chi connectivity index (χ2n) is 2.24. The molecule has 0 bridgehead atoms. The van der Waals surface area contributed by atoms with Crippen LogP contribution in [0.2, 0.25) is 0 Å². The van der Waals surface area contributed by atoms with E-state index in [1.165, 1.54) is 0 Å². The van der Waals surface area contributed by atoms with E-state index in [2.05, 4.69) is 26.2 Å². The zero-order valence-corrected chi connectivity index (χ0v) is 8.21. The normalized spacial score (nSPS) is 8.92. The molecule has 1 aromatic heterocycles. The topological polar surface area (TPSA) is 65.8 Å². The van der Waals surface area contributed by atoms with Gasteiger partial charge in [-0.15, -0.1) is 0 Å². The van der Waals surface area contributed by atoms with Crippen molar-refractivity contribution in [3.63, 3.8) is 0 Å².